The van der Waals surface area contributed by atoms with Gasteiger partial charge in [-0.15, -0.1) is 0 Å². The zero-order chi connectivity index (χ0) is 9.19. The molecule has 1 N–H and O–H groups in total. The van der Waals surface area contributed by atoms with Gasteiger partial charge in [0.2, 0.25) is 0 Å². The van der Waals surface area contributed by atoms with Crippen LogP contribution < -0.4 is 0 Å². The van der Waals surface area contributed by atoms with Crippen LogP contribution in [0, 0.1) is 0 Å². The van der Waals surface area contributed by atoms with Crippen molar-refractivity contribution in [3.05, 3.63) is 29.6 Å². The highest BCUT2D eigenvalue weighted by atomic mass is 16.3. The fraction of sp³-hybridized carbons (Fsp3) is 0.500. The van der Waals surface area contributed by atoms with Crippen molar-refractivity contribution in [2.24, 2.45) is 0 Å². The van der Waals surface area contributed by atoms with Gasteiger partial charge < -0.3 is 5.11 Å². The fourth-order valence-corrected chi connectivity index (χ4v) is 1.25. The van der Waals surface area contributed by atoms with Crippen LogP contribution in [0.2, 0.25) is 0 Å². The SMILES string of the molecule is CC(C)(C)c1cccnc1CO. The molecule has 0 spiro atoms. The molecule has 0 aromatic carbocycles. The van der Waals surface area contributed by atoms with Gasteiger partial charge in [0, 0.05) is 6.20 Å². The number of pyridine rings is 1. The van der Waals surface area contributed by atoms with E-state index in [2.05, 4.69) is 25.8 Å². The number of aliphatic hydroxyl groups excluding tert-OH is 1. The maximum atomic E-state index is 9.02. The van der Waals surface area contributed by atoms with Crippen LogP contribution in [0.4, 0.5) is 0 Å². The maximum absolute atomic E-state index is 9.02. The van der Waals surface area contributed by atoms with Gasteiger partial charge in [0.05, 0.1) is 12.3 Å². The zero-order valence-corrected chi connectivity index (χ0v) is 7.83. The lowest BCUT2D eigenvalue weighted by atomic mass is 9.86. The van der Waals surface area contributed by atoms with Gasteiger partial charge in [0.1, 0.15) is 0 Å². The lowest BCUT2D eigenvalue weighted by molar-refractivity contribution is 0.273. The maximum Gasteiger partial charge on any atom is 0.0855 e. The Morgan fingerprint density at radius 1 is 1.42 bits per heavy atom. The lowest BCUT2D eigenvalue weighted by Gasteiger charge is -2.20. The molecule has 0 saturated carbocycles. The van der Waals surface area contributed by atoms with E-state index >= 15 is 0 Å². The van der Waals surface area contributed by atoms with E-state index in [1.54, 1.807) is 6.20 Å². The van der Waals surface area contributed by atoms with E-state index in [0.29, 0.717) is 0 Å². The minimum atomic E-state index is 0.0213. The predicted molar refractivity (Wildman–Crippen MR) is 48.9 cm³/mol. The largest absolute Gasteiger partial charge is 0.390 e. The summed E-state index contributed by atoms with van der Waals surface area (Å²) in [6.45, 7) is 6.36. The minimum absolute atomic E-state index is 0.0213. The first-order chi connectivity index (χ1) is 5.55. The summed E-state index contributed by atoms with van der Waals surface area (Å²) in [5.74, 6) is 0. The number of aliphatic hydroxyl groups is 1. The Morgan fingerprint density at radius 2 is 2.08 bits per heavy atom. The summed E-state index contributed by atoms with van der Waals surface area (Å²) in [5.41, 5.74) is 1.96. The summed E-state index contributed by atoms with van der Waals surface area (Å²) in [6.07, 6.45) is 1.71. The van der Waals surface area contributed by atoms with Gasteiger partial charge >= 0.3 is 0 Å². The van der Waals surface area contributed by atoms with Gasteiger partial charge in [-0.05, 0) is 17.0 Å². The Labute approximate surface area is 73.3 Å². The van der Waals surface area contributed by atoms with Crippen LogP contribution >= 0.6 is 0 Å². The van der Waals surface area contributed by atoms with Gasteiger partial charge in [-0.3, -0.25) is 4.98 Å². The van der Waals surface area contributed by atoms with Gasteiger partial charge in [-0.1, -0.05) is 26.8 Å². The van der Waals surface area contributed by atoms with Crippen LogP contribution in [0.1, 0.15) is 32.0 Å². The van der Waals surface area contributed by atoms with Crippen molar-refractivity contribution in [1.29, 1.82) is 0 Å². The molecular formula is C10H15NO. The Bertz CT molecular complexity index is 263. The summed E-state index contributed by atoms with van der Waals surface area (Å²) in [7, 11) is 0. The molecule has 1 aromatic heterocycles. The molecule has 66 valence electrons. The summed E-state index contributed by atoms with van der Waals surface area (Å²) < 4.78 is 0. The number of aromatic nitrogens is 1. The van der Waals surface area contributed by atoms with E-state index in [-0.39, 0.29) is 12.0 Å². The van der Waals surface area contributed by atoms with Crippen molar-refractivity contribution in [3.8, 4) is 0 Å². The van der Waals surface area contributed by atoms with Crippen LogP contribution in [0.3, 0.4) is 0 Å². The second-order valence-electron chi connectivity index (χ2n) is 3.91. The highest BCUT2D eigenvalue weighted by Gasteiger charge is 2.17. The van der Waals surface area contributed by atoms with E-state index in [0.717, 1.165) is 11.3 Å². The van der Waals surface area contributed by atoms with Crippen LogP contribution in [-0.4, -0.2) is 10.1 Å². The first-order valence-electron chi connectivity index (χ1n) is 4.11. The zero-order valence-electron chi connectivity index (χ0n) is 7.83. The summed E-state index contributed by atoms with van der Waals surface area (Å²) in [6, 6.07) is 3.91. The van der Waals surface area contributed by atoms with Crippen molar-refractivity contribution in [2.75, 3.05) is 0 Å². The molecule has 0 fully saturated rings. The van der Waals surface area contributed by atoms with Crippen molar-refractivity contribution >= 4 is 0 Å². The number of nitrogens with zero attached hydrogens (tertiary/aromatic N) is 1. The van der Waals surface area contributed by atoms with E-state index in [1.807, 2.05) is 12.1 Å². The van der Waals surface area contributed by atoms with Crippen LogP contribution in [0.15, 0.2) is 18.3 Å². The van der Waals surface area contributed by atoms with Crippen molar-refractivity contribution in [3.63, 3.8) is 0 Å². The average molecular weight is 165 g/mol. The molecule has 0 radical (unpaired) electrons. The van der Waals surface area contributed by atoms with Gasteiger partial charge in [-0.25, -0.2) is 0 Å². The molecule has 0 aliphatic rings. The Balaban J connectivity index is 3.14. The third kappa shape index (κ3) is 1.83. The molecule has 1 heterocycles. The topological polar surface area (TPSA) is 33.1 Å². The van der Waals surface area contributed by atoms with Crippen LogP contribution in [0.5, 0.6) is 0 Å². The molecule has 0 bridgehead atoms. The molecule has 0 aliphatic heterocycles. The molecular weight excluding hydrogens is 150 g/mol. The predicted octanol–water partition coefficient (Wildman–Crippen LogP) is 1.87. The summed E-state index contributed by atoms with van der Waals surface area (Å²) in [5, 5.41) is 9.02. The number of hydrogen-bond acceptors (Lipinski definition) is 2. The van der Waals surface area contributed by atoms with E-state index < -0.39 is 0 Å². The molecule has 2 nitrogen and oxygen atoms in total. The summed E-state index contributed by atoms with van der Waals surface area (Å²) in [4.78, 5) is 4.11. The van der Waals surface area contributed by atoms with Crippen LogP contribution in [-0.2, 0) is 12.0 Å². The molecule has 0 amide bonds. The standard InChI is InChI=1S/C10H15NO/c1-10(2,3)8-5-4-6-11-9(8)7-12/h4-6,12H,7H2,1-3H3. The molecule has 0 unspecified atom stereocenters. The smallest absolute Gasteiger partial charge is 0.0855 e. The highest BCUT2D eigenvalue weighted by Crippen LogP contribution is 2.23. The third-order valence-corrected chi connectivity index (χ3v) is 1.85. The quantitative estimate of drug-likeness (QED) is 0.689. The Kier molecular flexibility index (Phi) is 2.48. The third-order valence-electron chi connectivity index (χ3n) is 1.85. The fourth-order valence-electron chi connectivity index (χ4n) is 1.25. The highest BCUT2D eigenvalue weighted by molar-refractivity contribution is 5.26. The Hall–Kier alpha value is -0.890. The van der Waals surface area contributed by atoms with E-state index in [9.17, 15) is 0 Å². The van der Waals surface area contributed by atoms with Gasteiger partial charge in [0.15, 0.2) is 0 Å². The normalized spacial score (nSPS) is 11.7. The molecule has 0 atom stereocenters. The molecule has 0 aliphatic carbocycles. The average Bonchev–Trinajstić information content (AvgIpc) is 2.03. The minimum Gasteiger partial charge on any atom is -0.390 e. The van der Waals surface area contributed by atoms with Gasteiger partial charge in [-0.2, -0.15) is 0 Å². The number of hydrogen-bond donors (Lipinski definition) is 1. The van der Waals surface area contributed by atoms with Gasteiger partial charge in [0.25, 0.3) is 0 Å². The monoisotopic (exact) mass is 165 g/mol. The molecule has 12 heavy (non-hydrogen) atoms. The molecule has 1 rings (SSSR count). The van der Waals surface area contributed by atoms with Crippen molar-refractivity contribution in [1.82, 2.24) is 4.98 Å². The second kappa shape index (κ2) is 3.23. The first-order valence-corrected chi connectivity index (χ1v) is 4.11. The second-order valence-corrected chi connectivity index (χ2v) is 3.91. The van der Waals surface area contributed by atoms with Crippen LogP contribution in [0.25, 0.3) is 0 Å². The lowest BCUT2D eigenvalue weighted by Crippen LogP contribution is -2.15. The van der Waals surface area contributed by atoms with E-state index in [1.165, 1.54) is 0 Å². The summed E-state index contributed by atoms with van der Waals surface area (Å²) >= 11 is 0. The number of rotatable bonds is 1. The molecule has 1 aromatic rings. The first kappa shape index (κ1) is 9.20. The van der Waals surface area contributed by atoms with E-state index in [4.69, 9.17) is 5.11 Å². The van der Waals surface area contributed by atoms with Crippen molar-refractivity contribution < 1.29 is 5.11 Å². The van der Waals surface area contributed by atoms with Crippen molar-refractivity contribution in [2.45, 2.75) is 32.8 Å². The molecule has 0 saturated heterocycles. The molecule has 2 heteroatoms. The Morgan fingerprint density at radius 3 is 2.50 bits per heavy atom.